The van der Waals surface area contributed by atoms with E-state index in [1.165, 1.54) is 14.2 Å². The molecule has 0 fully saturated rings. The summed E-state index contributed by atoms with van der Waals surface area (Å²) in [4.78, 5) is 13.0. The molecule has 0 aliphatic carbocycles. The van der Waals surface area contributed by atoms with Gasteiger partial charge in [0.15, 0.2) is 11.5 Å². The maximum absolute atomic E-state index is 13.0. The van der Waals surface area contributed by atoms with Crippen molar-refractivity contribution in [3.8, 4) is 17.2 Å². The van der Waals surface area contributed by atoms with Crippen molar-refractivity contribution in [2.45, 2.75) is 13.5 Å². The quantitative estimate of drug-likeness (QED) is 0.722. The molecule has 0 aliphatic rings. The zero-order valence-electron chi connectivity index (χ0n) is 13.0. The third-order valence-electron chi connectivity index (χ3n) is 3.89. The fraction of sp³-hybridized carbons (Fsp3) is 0.235. The summed E-state index contributed by atoms with van der Waals surface area (Å²) in [7, 11) is 2.90. The lowest BCUT2D eigenvalue weighted by atomic mass is 10.0. The normalized spacial score (nSPS) is 11.1. The largest absolute Gasteiger partial charge is 0.507 e. The summed E-state index contributed by atoms with van der Waals surface area (Å²) >= 11 is 0. The number of aliphatic hydroxyl groups is 1. The lowest BCUT2D eigenvalue weighted by Crippen LogP contribution is -2.08. The van der Waals surface area contributed by atoms with Crippen molar-refractivity contribution in [2.75, 3.05) is 14.2 Å². The molecule has 0 aliphatic heterocycles. The molecule has 1 aromatic heterocycles. The van der Waals surface area contributed by atoms with Crippen LogP contribution in [0.15, 0.2) is 27.4 Å². The van der Waals surface area contributed by atoms with E-state index in [2.05, 4.69) is 0 Å². The Morgan fingerprint density at radius 1 is 1.13 bits per heavy atom. The molecule has 23 heavy (non-hydrogen) atoms. The summed E-state index contributed by atoms with van der Waals surface area (Å²) in [6.07, 6.45) is 0. The van der Waals surface area contributed by atoms with Gasteiger partial charge in [0, 0.05) is 5.56 Å². The molecular weight excluding hydrogens is 300 g/mol. The van der Waals surface area contributed by atoms with Crippen molar-refractivity contribution >= 4 is 21.9 Å². The minimum Gasteiger partial charge on any atom is -0.507 e. The van der Waals surface area contributed by atoms with Crippen molar-refractivity contribution in [1.82, 2.24) is 0 Å². The maximum Gasteiger partial charge on any atom is 0.204 e. The molecule has 3 aromatic rings. The molecule has 0 saturated carbocycles. The predicted octanol–water partition coefficient (Wildman–Crippen LogP) is 2.47. The Hall–Kier alpha value is -2.73. The molecule has 0 spiro atoms. The van der Waals surface area contributed by atoms with Crippen LogP contribution < -0.4 is 14.9 Å². The Kier molecular flexibility index (Phi) is 3.61. The molecular formula is C17H16O6. The van der Waals surface area contributed by atoms with Crippen LogP contribution in [-0.4, -0.2) is 24.4 Å². The van der Waals surface area contributed by atoms with Gasteiger partial charge in [0.05, 0.1) is 26.2 Å². The van der Waals surface area contributed by atoms with Crippen LogP contribution >= 0.6 is 0 Å². The molecule has 6 heteroatoms. The van der Waals surface area contributed by atoms with Crippen LogP contribution in [0.25, 0.3) is 21.9 Å². The first-order valence-corrected chi connectivity index (χ1v) is 6.97. The second-order valence-electron chi connectivity index (χ2n) is 5.16. The number of aromatic hydroxyl groups is 1. The molecule has 0 atom stereocenters. The van der Waals surface area contributed by atoms with Gasteiger partial charge in [-0.2, -0.15) is 0 Å². The fourth-order valence-electron chi connectivity index (χ4n) is 2.78. The number of fused-ring (bicyclic) bond motifs is 2. The second kappa shape index (κ2) is 5.48. The lowest BCUT2D eigenvalue weighted by molar-refractivity contribution is 0.277. The van der Waals surface area contributed by atoms with E-state index in [1.807, 2.05) is 0 Å². The molecule has 0 bridgehead atoms. The second-order valence-corrected chi connectivity index (χ2v) is 5.16. The first kappa shape index (κ1) is 15.2. The standard InChI is InChI=1S/C17H16O6/c1-8-6-12-13(9(7-18)15(8)19)16(20)14-10(23-12)4-5-11(21-2)17(14)22-3/h4-6,18-19H,7H2,1-3H3. The Balaban J connectivity index is 2.60. The molecule has 2 N–H and O–H groups in total. The average Bonchev–Trinajstić information content (AvgIpc) is 2.55. The monoisotopic (exact) mass is 316 g/mol. The van der Waals surface area contributed by atoms with Crippen molar-refractivity contribution in [2.24, 2.45) is 0 Å². The zero-order chi connectivity index (χ0) is 16.7. The van der Waals surface area contributed by atoms with E-state index in [-0.39, 0.29) is 27.8 Å². The first-order valence-electron chi connectivity index (χ1n) is 6.97. The van der Waals surface area contributed by atoms with Gasteiger partial charge in [0.25, 0.3) is 0 Å². The summed E-state index contributed by atoms with van der Waals surface area (Å²) in [5.74, 6) is 0.534. The van der Waals surface area contributed by atoms with Gasteiger partial charge >= 0.3 is 0 Å². The van der Waals surface area contributed by atoms with E-state index in [1.54, 1.807) is 25.1 Å². The molecule has 3 rings (SSSR count). The van der Waals surface area contributed by atoms with E-state index in [0.717, 1.165) is 0 Å². The van der Waals surface area contributed by atoms with Gasteiger partial charge in [-0.3, -0.25) is 4.79 Å². The van der Waals surface area contributed by atoms with Gasteiger partial charge in [0.1, 0.15) is 22.3 Å². The van der Waals surface area contributed by atoms with Crippen LogP contribution in [0.5, 0.6) is 17.2 Å². The minimum atomic E-state index is -0.480. The third-order valence-corrected chi connectivity index (χ3v) is 3.89. The van der Waals surface area contributed by atoms with Crippen molar-refractivity contribution in [3.05, 3.63) is 39.5 Å². The Morgan fingerprint density at radius 2 is 1.87 bits per heavy atom. The zero-order valence-corrected chi connectivity index (χ0v) is 13.0. The van der Waals surface area contributed by atoms with Crippen molar-refractivity contribution in [1.29, 1.82) is 0 Å². The summed E-state index contributed by atoms with van der Waals surface area (Å²) in [5.41, 5.74) is 0.907. The van der Waals surface area contributed by atoms with Gasteiger partial charge in [-0.25, -0.2) is 0 Å². The SMILES string of the molecule is COc1ccc2oc3cc(C)c(O)c(CO)c3c(=O)c2c1OC. The van der Waals surface area contributed by atoms with E-state index in [0.29, 0.717) is 22.5 Å². The average molecular weight is 316 g/mol. The Labute approximate surface area is 131 Å². The highest BCUT2D eigenvalue weighted by molar-refractivity contribution is 5.97. The fourth-order valence-corrected chi connectivity index (χ4v) is 2.78. The highest BCUT2D eigenvalue weighted by atomic mass is 16.5. The molecule has 2 aromatic carbocycles. The number of phenols is 1. The van der Waals surface area contributed by atoms with Crippen LogP contribution in [0, 0.1) is 6.92 Å². The third kappa shape index (κ3) is 2.10. The highest BCUT2D eigenvalue weighted by Crippen LogP contribution is 2.37. The van der Waals surface area contributed by atoms with E-state index >= 15 is 0 Å². The van der Waals surface area contributed by atoms with Crippen LogP contribution in [-0.2, 0) is 6.61 Å². The van der Waals surface area contributed by atoms with Gasteiger partial charge in [-0.05, 0) is 30.7 Å². The van der Waals surface area contributed by atoms with Crippen molar-refractivity contribution < 1.29 is 24.1 Å². The predicted molar refractivity (Wildman–Crippen MR) is 85.4 cm³/mol. The topological polar surface area (TPSA) is 89.1 Å². The summed E-state index contributed by atoms with van der Waals surface area (Å²) in [6.45, 7) is 1.19. The smallest absolute Gasteiger partial charge is 0.204 e. The first-order chi connectivity index (χ1) is 11.0. The van der Waals surface area contributed by atoms with Crippen LogP contribution in [0.4, 0.5) is 0 Å². The molecule has 0 saturated heterocycles. The maximum atomic E-state index is 13.0. The van der Waals surface area contributed by atoms with Crippen LogP contribution in [0.1, 0.15) is 11.1 Å². The minimum absolute atomic E-state index is 0.117. The van der Waals surface area contributed by atoms with Gasteiger partial charge < -0.3 is 24.1 Å². The molecule has 1 heterocycles. The molecule has 0 radical (unpaired) electrons. The van der Waals surface area contributed by atoms with E-state index < -0.39 is 12.0 Å². The number of methoxy groups -OCH3 is 2. The molecule has 0 unspecified atom stereocenters. The van der Waals surface area contributed by atoms with Crippen LogP contribution in [0.2, 0.25) is 0 Å². The molecule has 6 nitrogen and oxygen atoms in total. The number of aliphatic hydroxyl groups excluding tert-OH is 1. The lowest BCUT2D eigenvalue weighted by Gasteiger charge is -2.13. The van der Waals surface area contributed by atoms with Crippen LogP contribution in [0.3, 0.4) is 0 Å². The molecule has 0 amide bonds. The Morgan fingerprint density at radius 3 is 2.48 bits per heavy atom. The summed E-state index contributed by atoms with van der Waals surface area (Å²) in [5, 5.41) is 20.0. The number of hydrogen-bond donors (Lipinski definition) is 2. The van der Waals surface area contributed by atoms with Gasteiger partial charge in [-0.15, -0.1) is 0 Å². The number of hydrogen-bond acceptors (Lipinski definition) is 6. The Bertz CT molecular complexity index is 971. The van der Waals surface area contributed by atoms with Gasteiger partial charge in [-0.1, -0.05) is 0 Å². The number of ether oxygens (including phenoxy) is 2. The van der Waals surface area contributed by atoms with Crippen molar-refractivity contribution in [3.63, 3.8) is 0 Å². The van der Waals surface area contributed by atoms with Gasteiger partial charge in [0.2, 0.25) is 5.43 Å². The number of benzene rings is 2. The number of rotatable bonds is 3. The summed E-state index contributed by atoms with van der Waals surface area (Å²) < 4.78 is 16.3. The number of aryl methyl sites for hydroxylation is 1. The van der Waals surface area contributed by atoms with E-state index in [4.69, 9.17) is 13.9 Å². The highest BCUT2D eigenvalue weighted by Gasteiger charge is 2.20. The molecule has 120 valence electrons. The summed E-state index contributed by atoms with van der Waals surface area (Å²) in [6, 6.07) is 4.84. The van der Waals surface area contributed by atoms with E-state index in [9.17, 15) is 15.0 Å².